The van der Waals surface area contributed by atoms with E-state index in [1.165, 1.54) is 4.90 Å². The van der Waals surface area contributed by atoms with Crippen LogP contribution in [0.4, 0.5) is 4.79 Å². The highest BCUT2D eigenvalue weighted by Crippen LogP contribution is 2.44. The second-order valence-electron chi connectivity index (χ2n) is 11.4. The Morgan fingerprint density at radius 3 is 2.38 bits per heavy atom. The average Bonchev–Trinajstić information content (AvgIpc) is 3.61. The van der Waals surface area contributed by atoms with Crippen LogP contribution in [0.5, 0.6) is 11.5 Å². The summed E-state index contributed by atoms with van der Waals surface area (Å²) < 4.78 is 14.7. The predicted molar refractivity (Wildman–Crippen MR) is 182 cm³/mol. The van der Waals surface area contributed by atoms with Crippen LogP contribution in [0.25, 0.3) is 11.1 Å². The van der Waals surface area contributed by atoms with E-state index in [1.807, 2.05) is 47.9 Å². The first-order chi connectivity index (χ1) is 22.8. The zero-order valence-corrected chi connectivity index (χ0v) is 28.2. The zero-order chi connectivity index (χ0) is 32.7. The molecule has 2 amide bonds. The first-order valence-electron chi connectivity index (χ1n) is 15.0. The molecule has 1 aliphatic carbocycles. The number of hydrogen-bond donors (Lipinski definition) is 1. The van der Waals surface area contributed by atoms with Crippen molar-refractivity contribution in [3.05, 3.63) is 128 Å². The molecule has 1 atom stereocenters. The van der Waals surface area contributed by atoms with Gasteiger partial charge >= 0.3 is 6.09 Å². The lowest BCUT2D eigenvalue weighted by atomic mass is 9.98. The maximum atomic E-state index is 13.8. The molecule has 4 aromatic carbocycles. The van der Waals surface area contributed by atoms with Gasteiger partial charge in [0.25, 0.3) is 0 Å². The Bertz CT molecular complexity index is 1970. The molecule has 238 valence electrons. The Morgan fingerprint density at radius 2 is 1.66 bits per heavy atom. The highest BCUT2D eigenvalue weighted by atomic mass is 79.9. The van der Waals surface area contributed by atoms with Crippen LogP contribution < -0.4 is 10.1 Å². The van der Waals surface area contributed by atoms with E-state index < -0.39 is 12.1 Å². The van der Waals surface area contributed by atoms with Gasteiger partial charge in [-0.25, -0.2) is 4.79 Å². The number of rotatable bonds is 7. The van der Waals surface area contributed by atoms with Gasteiger partial charge in [-0.3, -0.25) is 9.69 Å². The molecule has 12 heteroatoms. The van der Waals surface area contributed by atoms with E-state index in [0.29, 0.717) is 33.2 Å². The van der Waals surface area contributed by atoms with Crippen molar-refractivity contribution in [3.63, 3.8) is 0 Å². The molecule has 0 fully saturated rings. The first kappa shape index (κ1) is 31.2. The Kier molecular flexibility index (Phi) is 8.65. The number of hydrogen-bond acceptors (Lipinski definition) is 6. The number of aryl methyl sites for hydroxylation is 1. The molecule has 47 heavy (non-hydrogen) atoms. The van der Waals surface area contributed by atoms with Crippen LogP contribution in [0.1, 0.15) is 34.3 Å². The van der Waals surface area contributed by atoms with Crippen LogP contribution in [0.3, 0.4) is 0 Å². The van der Waals surface area contributed by atoms with E-state index in [1.54, 1.807) is 24.3 Å². The minimum absolute atomic E-state index is 0.0829. The van der Waals surface area contributed by atoms with E-state index in [2.05, 4.69) is 55.7 Å². The summed E-state index contributed by atoms with van der Waals surface area (Å²) in [6, 6.07) is 26.0. The van der Waals surface area contributed by atoms with Gasteiger partial charge in [0, 0.05) is 28.6 Å². The van der Waals surface area contributed by atoms with Crippen molar-refractivity contribution in [2.75, 3.05) is 6.61 Å². The Morgan fingerprint density at radius 1 is 0.936 bits per heavy atom. The van der Waals surface area contributed by atoms with Gasteiger partial charge in [0.2, 0.25) is 5.91 Å². The lowest BCUT2D eigenvalue weighted by molar-refractivity contribution is -0.127. The van der Waals surface area contributed by atoms with E-state index in [-0.39, 0.29) is 38.1 Å². The summed E-state index contributed by atoms with van der Waals surface area (Å²) in [5.41, 5.74) is 5.21. The van der Waals surface area contributed by atoms with Gasteiger partial charge in [0.05, 0.1) is 23.1 Å². The monoisotopic (exact) mass is 731 g/mol. The van der Waals surface area contributed by atoms with Crippen molar-refractivity contribution >= 4 is 51.1 Å². The van der Waals surface area contributed by atoms with Crippen LogP contribution in [0.15, 0.2) is 89.4 Å². The van der Waals surface area contributed by atoms with Gasteiger partial charge in [-0.05, 0) is 53.4 Å². The smallest absolute Gasteiger partial charge is 0.410 e. The van der Waals surface area contributed by atoms with E-state index in [0.717, 1.165) is 32.3 Å². The highest BCUT2D eigenvalue weighted by molar-refractivity contribution is 9.10. The van der Waals surface area contributed by atoms with Crippen LogP contribution in [0, 0.1) is 6.92 Å². The minimum Gasteiger partial charge on any atom is -0.457 e. The van der Waals surface area contributed by atoms with Crippen molar-refractivity contribution in [1.29, 1.82) is 0 Å². The van der Waals surface area contributed by atoms with Crippen LogP contribution in [-0.4, -0.2) is 44.3 Å². The van der Waals surface area contributed by atoms with Gasteiger partial charge in [0.1, 0.15) is 30.0 Å². The Labute approximate surface area is 289 Å². The summed E-state index contributed by atoms with van der Waals surface area (Å²) in [7, 11) is 0. The predicted octanol–water partition coefficient (Wildman–Crippen LogP) is 7.90. The van der Waals surface area contributed by atoms with Crippen molar-refractivity contribution in [2.24, 2.45) is 0 Å². The number of amides is 2. The lowest BCUT2D eigenvalue weighted by Crippen LogP contribution is -2.54. The molecule has 0 bridgehead atoms. The molecular formula is C35H28BrCl2N5O4. The number of ether oxygens (including phenoxy) is 2. The number of fused-ring (bicyclic) bond motifs is 4. The van der Waals surface area contributed by atoms with Crippen molar-refractivity contribution in [3.8, 4) is 22.6 Å². The molecule has 1 aromatic heterocycles. The number of nitrogens with zero attached hydrogens (tertiary/aromatic N) is 4. The van der Waals surface area contributed by atoms with Gasteiger partial charge in [-0.2, -0.15) is 0 Å². The molecule has 2 aliphatic rings. The fraction of sp³-hybridized carbons (Fsp3) is 0.200. The van der Waals surface area contributed by atoms with Crippen molar-refractivity contribution in [2.45, 2.75) is 38.5 Å². The quantitative estimate of drug-likeness (QED) is 0.183. The van der Waals surface area contributed by atoms with Gasteiger partial charge < -0.3 is 19.4 Å². The van der Waals surface area contributed by atoms with E-state index in [4.69, 9.17) is 32.7 Å². The first-order valence-corrected chi connectivity index (χ1v) is 16.5. The van der Waals surface area contributed by atoms with Crippen molar-refractivity contribution in [1.82, 2.24) is 25.0 Å². The second kappa shape index (κ2) is 13.0. The average molecular weight is 733 g/mol. The summed E-state index contributed by atoms with van der Waals surface area (Å²) in [4.78, 5) is 29.0. The maximum absolute atomic E-state index is 13.8. The molecule has 1 N–H and O–H groups in total. The number of nitrogens with one attached hydrogen (secondary N) is 1. The van der Waals surface area contributed by atoms with Gasteiger partial charge in [-0.1, -0.05) is 93.7 Å². The summed E-state index contributed by atoms with van der Waals surface area (Å²) in [6.07, 6.45) is -0.591. The molecule has 2 heterocycles. The Balaban J connectivity index is 1.09. The molecule has 0 saturated carbocycles. The highest BCUT2D eigenvalue weighted by Gasteiger charge is 2.38. The number of halogens is 3. The normalized spacial score (nSPS) is 15.1. The molecule has 1 unspecified atom stereocenters. The standard InChI is InChI=1S/C35H28BrCl2N5O4/c1-20-40-41-33-18-43(35(45)46-19-28-26-8-4-2-6-24(26)25-7-3-5-9-27(25)28)31(17-42(20)33)34(44)39-16-21-10-11-22(36)14-32(21)47-23-12-13-29(37)30(38)15-23/h2-15,28,31H,16-19H2,1H3,(H,39,44). The third-order valence-corrected chi connectivity index (χ3v) is 9.76. The topological polar surface area (TPSA) is 98.6 Å². The number of aromatic nitrogens is 3. The fourth-order valence-corrected chi connectivity index (χ4v) is 6.77. The maximum Gasteiger partial charge on any atom is 0.410 e. The van der Waals surface area contributed by atoms with Crippen LogP contribution in [-0.2, 0) is 29.2 Å². The molecule has 1 aliphatic heterocycles. The van der Waals surface area contributed by atoms with Crippen LogP contribution >= 0.6 is 39.1 Å². The fourth-order valence-electron chi connectivity index (χ4n) is 6.14. The molecule has 0 saturated heterocycles. The number of carbonyl (C=O) groups is 2. The zero-order valence-electron chi connectivity index (χ0n) is 25.1. The summed E-state index contributed by atoms with van der Waals surface area (Å²) in [5, 5.41) is 12.2. The van der Waals surface area contributed by atoms with Crippen LogP contribution in [0.2, 0.25) is 10.0 Å². The number of benzene rings is 4. The van der Waals surface area contributed by atoms with E-state index >= 15 is 0 Å². The summed E-state index contributed by atoms with van der Waals surface area (Å²) in [6.45, 7) is 2.38. The largest absolute Gasteiger partial charge is 0.457 e. The molecule has 0 radical (unpaired) electrons. The SMILES string of the molecule is Cc1nnc2n1CC(C(=O)NCc1ccc(Br)cc1Oc1ccc(Cl)c(Cl)c1)N(C(=O)OCC1c3ccccc3-c3ccccc31)C2. The third kappa shape index (κ3) is 6.20. The third-order valence-electron chi connectivity index (χ3n) is 8.53. The minimum atomic E-state index is -0.859. The second-order valence-corrected chi connectivity index (χ2v) is 13.1. The van der Waals surface area contributed by atoms with E-state index in [9.17, 15) is 9.59 Å². The molecule has 9 nitrogen and oxygen atoms in total. The molecular weight excluding hydrogens is 705 g/mol. The molecule has 7 rings (SSSR count). The van der Waals surface area contributed by atoms with Gasteiger partial charge in [-0.15, -0.1) is 10.2 Å². The molecule has 5 aromatic rings. The number of carbonyl (C=O) groups excluding carboxylic acids is 2. The molecule has 0 spiro atoms. The Hall–Kier alpha value is -4.38. The van der Waals surface area contributed by atoms with Gasteiger partial charge in [0.15, 0.2) is 5.82 Å². The lowest BCUT2D eigenvalue weighted by Gasteiger charge is -2.34. The summed E-state index contributed by atoms with van der Waals surface area (Å²) in [5.74, 6) is 1.81. The summed E-state index contributed by atoms with van der Waals surface area (Å²) >= 11 is 15.8. The van der Waals surface area contributed by atoms with Crippen molar-refractivity contribution < 1.29 is 19.1 Å².